The Morgan fingerprint density at radius 3 is 2.96 bits per heavy atom. The predicted molar refractivity (Wildman–Crippen MR) is 94.3 cm³/mol. The Hall–Kier alpha value is -1.76. The molecule has 3 heterocycles. The Bertz CT molecular complexity index is 654. The van der Waals surface area contributed by atoms with Crippen LogP contribution < -0.4 is 0 Å². The van der Waals surface area contributed by atoms with Crippen molar-refractivity contribution in [2.75, 3.05) is 32.9 Å². The molecule has 0 radical (unpaired) electrons. The summed E-state index contributed by atoms with van der Waals surface area (Å²) in [6.45, 7) is 6.16. The monoisotopic (exact) mass is 342 g/mol. The first kappa shape index (κ1) is 16.7. The summed E-state index contributed by atoms with van der Waals surface area (Å²) in [7, 11) is 0. The second kappa shape index (κ2) is 8.08. The maximum atomic E-state index is 5.80. The van der Waals surface area contributed by atoms with Crippen molar-refractivity contribution in [3.8, 4) is 0 Å². The lowest BCUT2D eigenvalue weighted by atomic mass is 10.1. The SMILES string of the molecule is c1ccc(CN2CCC(c3cn(CCOC4CCOC4)nn3)C2)cc1. The van der Waals surface area contributed by atoms with Gasteiger partial charge in [-0.05, 0) is 24.9 Å². The number of ether oxygens (including phenoxy) is 2. The minimum atomic E-state index is 0.254. The van der Waals surface area contributed by atoms with Crippen LogP contribution in [0.15, 0.2) is 36.5 Å². The molecule has 0 spiro atoms. The first-order valence-corrected chi connectivity index (χ1v) is 9.22. The van der Waals surface area contributed by atoms with E-state index in [1.165, 1.54) is 5.56 Å². The van der Waals surface area contributed by atoms with Crippen LogP contribution in [0.5, 0.6) is 0 Å². The number of rotatable bonds is 7. The highest BCUT2D eigenvalue weighted by Crippen LogP contribution is 2.26. The molecule has 2 aliphatic heterocycles. The van der Waals surface area contributed by atoms with Crippen LogP contribution in [0.1, 0.15) is 30.0 Å². The summed E-state index contributed by atoms with van der Waals surface area (Å²) >= 11 is 0. The van der Waals surface area contributed by atoms with E-state index in [1.807, 2.05) is 4.68 Å². The molecule has 6 nitrogen and oxygen atoms in total. The highest BCUT2D eigenvalue weighted by Gasteiger charge is 2.26. The minimum Gasteiger partial charge on any atom is -0.379 e. The molecule has 0 N–H and O–H groups in total. The molecule has 2 aliphatic rings. The van der Waals surface area contributed by atoms with E-state index in [2.05, 4.69) is 51.7 Å². The van der Waals surface area contributed by atoms with E-state index in [-0.39, 0.29) is 6.10 Å². The zero-order chi connectivity index (χ0) is 16.9. The zero-order valence-corrected chi connectivity index (χ0v) is 14.6. The molecule has 0 saturated carbocycles. The van der Waals surface area contributed by atoms with Crippen LogP contribution in [0.25, 0.3) is 0 Å². The number of hydrogen-bond acceptors (Lipinski definition) is 5. The average Bonchev–Trinajstić information content (AvgIpc) is 3.37. The molecule has 134 valence electrons. The Morgan fingerprint density at radius 1 is 1.20 bits per heavy atom. The third-order valence-electron chi connectivity index (χ3n) is 5.06. The fourth-order valence-corrected chi connectivity index (χ4v) is 3.63. The van der Waals surface area contributed by atoms with E-state index in [0.29, 0.717) is 12.5 Å². The van der Waals surface area contributed by atoms with Crippen molar-refractivity contribution < 1.29 is 9.47 Å². The summed E-state index contributed by atoms with van der Waals surface area (Å²) in [4.78, 5) is 2.50. The average molecular weight is 342 g/mol. The molecule has 2 unspecified atom stereocenters. The second-order valence-electron chi connectivity index (χ2n) is 6.97. The van der Waals surface area contributed by atoms with E-state index in [4.69, 9.17) is 9.47 Å². The summed E-state index contributed by atoms with van der Waals surface area (Å²) in [5.41, 5.74) is 2.49. The van der Waals surface area contributed by atoms with Gasteiger partial charge < -0.3 is 9.47 Å². The maximum Gasteiger partial charge on any atom is 0.0871 e. The summed E-state index contributed by atoms with van der Waals surface area (Å²) in [6, 6.07) is 10.7. The topological polar surface area (TPSA) is 52.4 Å². The van der Waals surface area contributed by atoms with Crippen LogP contribution >= 0.6 is 0 Å². The van der Waals surface area contributed by atoms with Gasteiger partial charge in [0.15, 0.2) is 0 Å². The van der Waals surface area contributed by atoms with E-state index in [1.54, 1.807) is 0 Å². The van der Waals surface area contributed by atoms with Crippen molar-refractivity contribution in [2.45, 2.75) is 38.0 Å². The Kier molecular flexibility index (Phi) is 5.40. The van der Waals surface area contributed by atoms with Crippen molar-refractivity contribution in [2.24, 2.45) is 0 Å². The molecule has 0 amide bonds. The summed E-state index contributed by atoms with van der Waals surface area (Å²) in [5.74, 6) is 0.488. The van der Waals surface area contributed by atoms with Crippen molar-refractivity contribution in [3.05, 3.63) is 47.8 Å². The first-order valence-electron chi connectivity index (χ1n) is 9.22. The Balaban J connectivity index is 1.24. The smallest absolute Gasteiger partial charge is 0.0871 e. The molecule has 1 aromatic carbocycles. The molecule has 25 heavy (non-hydrogen) atoms. The Labute approximate surface area is 148 Å². The molecule has 0 aliphatic carbocycles. The van der Waals surface area contributed by atoms with Gasteiger partial charge in [0.05, 0.1) is 31.6 Å². The summed E-state index contributed by atoms with van der Waals surface area (Å²) in [5, 5.41) is 8.67. The van der Waals surface area contributed by atoms with E-state index >= 15 is 0 Å². The third-order valence-corrected chi connectivity index (χ3v) is 5.06. The van der Waals surface area contributed by atoms with E-state index in [0.717, 1.165) is 57.9 Å². The van der Waals surface area contributed by atoms with Crippen molar-refractivity contribution in [1.82, 2.24) is 19.9 Å². The predicted octanol–water partition coefficient (Wildman–Crippen LogP) is 2.07. The molecule has 2 atom stereocenters. The van der Waals surface area contributed by atoms with Crippen LogP contribution in [-0.4, -0.2) is 58.9 Å². The van der Waals surface area contributed by atoms with Gasteiger partial charge in [-0.15, -0.1) is 5.10 Å². The lowest BCUT2D eigenvalue weighted by molar-refractivity contribution is 0.0369. The number of benzene rings is 1. The van der Waals surface area contributed by atoms with E-state index < -0.39 is 0 Å². The molecular weight excluding hydrogens is 316 g/mol. The van der Waals surface area contributed by atoms with Crippen LogP contribution in [0, 0.1) is 0 Å². The molecule has 6 heteroatoms. The van der Waals surface area contributed by atoms with Crippen molar-refractivity contribution in [3.63, 3.8) is 0 Å². The zero-order valence-electron chi connectivity index (χ0n) is 14.6. The summed E-state index contributed by atoms with van der Waals surface area (Å²) in [6.07, 6.45) is 4.50. The first-order chi connectivity index (χ1) is 12.4. The minimum absolute atomic E-state index is 0.254. The highest BCUT2D eigenvalue weighted by molar-refractivity contribution is 5.15. The van der Waals surface area contributed by atoms with Gasteiger partial charge >= 0.3 is 0 Å². The second-order valence-corrected chi connectivity index (χ2v) is 6.97. The molecule has 4 rings (SSSR count). The summed E-state index contributed by atoms with van der Waals surface area (Å²) < 4.78 is 13.0. The van der Waals surface area contributed by atoms with Gasteiger partial charge in [0.1, 0.15) is 0 Å². The number of hydrogen-bond donors (Lipinski definition) is 0. The van der Waals surface area contributed by atoms with Gasteiger partial charge in [-0.2, -0.15) is 0 Å². The molecule has 2 saturated heterocycles. The van der Waals surface area contributed by atoms with Gasteiger partial charge in [0, 0.05) is 31.8 Å². The Morgan fingerprint density at radius 2 is 2.12 bits per heavy atom. The van der Waals surface area contributed by atoms with Crippen molar-refractivity contribution >= 4 is 0 Å². The number of nitrogens with zero attached hydrogens (tertiary/aromatic N) is 4. The largest absolute Gasteiger partial charge is 0.379 e. The van der Waals surface area contributed by atoms with Gasteiger partial charge in [-0.25, -0.2) is 4.68 Å². The molecule has 1 aromatic heterocycles. The maximum absolute atomic E-state index is 5.80. The normalized spacial score (nSPS) is 24.2. The number of likely N-dealkylation sites (tertiary alicyclic amines) is 1. The van der Waals surface area contributed by atoms with Gasteiger partial charge in [0.25, 0.3) is 0 Å². The molecular formula is C19H26N4O2. The van der Waals surface area contributed by atoms with Gasteiger partial charge in [-0.1, -0.05) is 35.5 Å². The molecule has 2 fully saturated rings. The fraction of sp³-hybridized carbons (Fsp3) is 0.579. The van der Waals surface area contributed by atoms with Crippen molar-refractivity contribution in [1.29, 1.82) is 0 Å². The van der Waals surface area contributed by atoms with Crippen LogP contribution in [0.3, 0.4) is 0 Å². The highest BCUT2D eigenvalue weighted by atomic mass is 16.5. The quantitative estimate of drug-likeness (QED) is 0.771. The van der Waals surface area contributed by atoms with Gasteiger partial charge in [0.2, 0.25) is 0 Å². The van der Waals surface area contributed by atoms with Crippen LogP contribution in [-0.2, 0) is 22.6 Å². The number of aromatic nitrogens is 3. The molecule has 0 bridgehead atoms. The van der Waals surface area contributed by atoms with E-state index in [9.17, 15) is 0 Å². The van der Waals surface area contributed by atoms with Crippen LogP contribution in [0.4, 0.5) is 0 Å². The lowest BCUT2D eigenvalue weighted by Gasteiger charge is -2.15. The third kappa shape index (κ3) is 4.45. The van der Waals surface area contributed by atoms with Crippen LogP contribution in [0.2, 0.25) is 0 Å². The standard InChI is InChI=1S/C19H26N4O2/c1-2-4-16(5-3-1)12-22-8-6-17(13-22)19-14-23(21-20-19)9-11-25-18-7-10-24-15-18/h1-5,14,17-18H,6-13,15H2. The molecule has 2 aromatic rings. The van der Waals surface area contributed by atoms with Gasteiger partial charge in [-0.3, -0.25) is 4.90 Å². The lowest BCUT2D eigenvalue weighted by Crippen LogP contribution is -2.19. The fourth-order valence-electron chi connectivity index (χ4n) is 3.63.